The van der Waals surface area contributed by atoms with Gasteiger partial charge in [-0.25, -0.2) is 4.79 Å². The van der Waals surface area contributed by atoms with Crippen molar-refractivity contribution in [1.29, 1.82) is 0 Å². The lowest BCUT2D eigenvalue weighted by molar-refractivity contribution is -0.130. The molecule has 0 saturated carbocycles. The summed E-state index contributed by atoms with van der Waals surface area (Å²) in [5.74, 6) is -1.26. The molecule has 2 aromatic carbocycles. The lowest BCUT2D eigenvalue weighted by Gasteiger charge is -2.36. The molecule has 0 aliphatic carbocycles. The number of H-pyrrole nitrogens is 1. The Balaban J connectivity index is 1.49. The second-order valence-electron chi connectivity index (χ2n) is 7.24. The highest BCUT2D eigenvalue weighted by Crippen LogP contribution is 2.35. The predicted octanol–water partition coefficient (Wildman–Crippen LogP) is 5.37. The summed E-state index contributed by atoms with van der Waals surface area (Å²) in [7, 11) is 0. The Morgan fingerprint density at radius 2 is 1.61 bits per heavy atom. The van der Waals surface area contributed by atoms with Crippen LogP contribution < -0.4 is 4.90 Å². The molecule has 1 aromatic heterocycles. The first-order chi connectivity index (χ1) is 14.7. The Morgan fingerprint density at radius 3 is 2.23 bits per heavy atom. The maximum absolute atomic E-state index is 13.0. The van der Waals surface area contributed by atoms with Crippen LogP contribution in [0.25, 0.3) is 10.9 Å². The Hall–Kier alpha value is -2.12. The van der Waals surface area contributed by atoms with Crippen LogP contribution in [-0.4, -0.2) is 53.0 Å². The summed E-state index contributed by atoms with van der Waals surface area (Å²) in [4.78, 5) is 31.3. The summed E-state index contributed by atoms with van der Waals surface area (Å²) in [5, 5.41) is 11.7. The van der Waals surface area contributed by atoms with Gasteiger partial charge in [0.25, 0.3) is 0 Å². The van der Waals surface area contributed by atoms with Crippen LogP contribution in [0, 0.1) is 0 Å². The van der Waals surface area contributed by atoms with Crippen LogP contribution in [0.2, 0.25) is 20.1 Å². The van der Waals surface area contributed by atoms with E-state index in [0.717, 1.165) is 5.69 Å². The van der Waals surface area contributed by atoms with Crippen molar-refractivity contribution in [2.75, 3.05) is 31.1 Å². The van der Waals surface area contributed by atoms with Gasteiger partial charge in [-0.05, 0) is 30.3 Å². The van der Waals surface area contributed by atoms with Crippen molar-refractivity contribution >= 4 is 74.9 Å². The minimum atomic E-state index is -1.11. The van der Waals surface area contributed by atoms with E-state index in [2.05, 4.69) is 9.88 Å². The molecule has 1 fully saturated rings. The van der Waals surface area contributed by atoms with Gasteiger partial charge in [0, 0.05) is 53.4 Å². The molecule has 6 nitrogen and oxygen atoms in total. The molecule has 10 heteroatoms. The summed E-state index contributed by atoms with van der Waals surface area (Å²) in [6.07, 6.45) is -0.0272. The van der Waals surface area contributed by atoms with Crippen molar-refractivity contribution in [2.24, 2.45) is 0 Å². The normalized spacial score (nSPS) is 14.3. The smallest absolute Gasteiger partial charge is 0.352 e. The number of halogens is 4. The average Bonchev–Trinajstić information content (AvgIpc) is 3.09. The van der Waals surface area contributed by atoms with Crippen molar-refractivity contribution in [3.63, 3.8) is 0 Å². The summed E-state index contributed by atoms with van der Waals surface area (Å²) in [6.45, 7) is 2.15. The topological polar surface area (TPSA) is 76.6 Å². The summed E-state index contributed by atoms with van der Waals surface area (Å²) in [6, 6.07) is 8.56. The van der Waals surface area contributed by atoms with Gasteiger partial charge in [0.15, 0.2) is 0 Å². The molecule has 0 radical (unpaired) electrons. The quantitative estimate of drug-likeness (QED) is 0.472. The second-order valence-corrected chi connectivity index (χ2v) is 8.87. The molecule has 162 valence electrons. The van der Waals surface area contributed by atoms with E-state index >= 15 is 0 Å². The number of carbonyl (C=O) groups is 2. The Kier molecular flexibility index (Phi) is 6.26. The number of carboxylic acids is 1. The van der Waals surface area contributed by atoms with Gasteiger partial charge in [0.2, 0.25) is 5.91 Å². The molecular formula is C21H17Cl4N3O3. The number of amides is 1. The number of nitrogens with one attached hydrogen (secondary N) is 1. The maximum Gasteiger partial charge on any atom is 0.352 e. The summed E-state index contributed by atoms with van der Waals surface area (Å²) < 4.78 is 0. The van der Waals surface area contributed by atoms with Gasteiger partial charge in [-0.2, -0.15) is 0 Å². The number of aromatic nitrogens is 1. The summed E-state index contributed by atoms with van der Waals surface area (Å²) >= 11 is 24.4. The van der Waals surface area contributed by atoms with Crippen LogP contribution in [0.1, 0.15) is 16.1 Å². The number of aromatic amines is 1. The Bertz CT molecular complexity index is 1160. The standard InChI is InChI=1S/C21H17Cl4N3O3/c22-11-1-2-17-13(7-11)14(20(26-17)21(30)31)10-18(29)28-5-3-27(4-6-28)12-8-15(23)19(25)16(24)9-12/h1-2,7-9,26H,3-6,10H2,(H,30,31). The average molecular weight is 501 g/mol. The first-order valence-corrected chi connectivity index (χ1v) is 11.0. The van der Waals surface area contributed by atoms with Crippen LogP contribution in [0.15, 0.2) is 30.3 Å². The number of anilines is 1. The van der Waals surface area contributed by atoms with Gasteiger partial charge in [-0.15, -0.1) is 0 Å². The van der Waals surface area contributed by atoms with E-state index in [1.807, 2.05) is 0 Å². The minimum absolute atomic E-state index is 0.00898. The molecule has 1 aliphatic heterocycles. The number of aromatic carboxylic acids is 1. The van der Waals surface area contributed by atoms with E-state index in [-0.39, 0.29) is 18.0 Å². The van der Waals surface area contributed by atoms with Crippen molar-refractivity contribution in [3.05, 3.63) is 61.7 Å². The van der Waals surface area contributed by atoms with E-state index in [9.17, 15) is 14.7 Å². The molecule has 0 atom stereocenters. The van der Waals surface area contributed by atoms with Crippen LogP contribution >= 0.6 is 46.4 Å². The fourth-order valence-corrected chi connectivity index (χ4v) is 4.54. The minimum Gasteiger partial charge on any atom is -0.477 e. The van der Waals surface area contributed by atoms with Gasteiger partial charge in [0.05, 0.1) is 21.5 Å². The molecule has 0 bridgehead atoms. The van der Waals surface area contributed by atoms with E-state index in [0.29, 0.717) is 62.7 Å². The van der Waals surface area contributed by atoms with Crippen LogP contribution in [0.4, 0.5) is 5.69 Å². The fourth-order valence-electron chi connectivity index (χ4n) is 3.79. The fraction of sp³-hybridized carbons (Fsp3) is 0.238. The molecule has 0 unspecified atom stereocenters. The number of carbonyl (C=O) groups excluding carboxylic acids is 1. The number of rotatable bonds is 4. The SMILES string of the molecule is O=C(O)c1[nH]c2ccc(Cl)cc2c1CC(=O)N1CCN(c2cc(Cl)c(Cl)c(Cl)c2)CC1. The van der Waals surface area contributed by atoms with Crippen molar-refractivity contribution < 1.29 is 14.7 Å². The molecule has 2 N–H and O–H groups in total. The van der Waals surface area contributed by atoms with Gasteiger partial charge in [-0.3, -0.25) is 4.79 Å². The highest BCUT2D eigenvalue weighted by Gasteiger charge is 2.26. The summed E-state index contributed by atoms with van der Waals surface area (Å²) in [5.41, 5.74) is 1.92. The predicted molar refractivity (Wildman–Crippen MR) is 124 cm³/mol. The molecule has 31 heavy (non-hydrogen) atoms. The van der Waals surface area contributed by atoms with E-state index in [1.54, 1.807) is 35.2 Å². The molecule has 0 spiro atoms. The number of hydrogen-bond acceptors (Lipinski definition) is 3. The maximum atomic E-state index is 13.0. The van der Waals surface area contributed by atoms with Gasteiger partial charge in [0.1, 0.15) is 5.69 Å². The van der Waals surface area contributed by atoms with Gasteiger partial charge in [-0.1, -0.05) is 46.4 Å². The van der Waals surface area contributed by atoms with Gasteiger partial charge < -0.3 is 19.9 Å². The molecule has 2 heterocycles. The monoisotopic (exact) mass is 499 g/mol. The molecule has 4 rings (SSSR count). The lowest BCUT2D eigenvalue weighted by Crippen LogP contribution is -2.49. The zero-order chi connectivity index (χ0) is 22.3. The Labute approximate surface area is 198 Å². The largest absolute Gasteiger partial charge is 0.477 e. The lowest BCUT2D eigenvalue weighted by atomic mass is 10.1. The zero-order valence-corrected chi connectivity index (χ0v) is 19.1. The number of nitrogens with zero attached hydrogens (tertiary/aromatic N) is 2. The number of hydrogen-bond donors (Lipinski definition) is 2. The second kappa shape index (κ2) is 8.79. The number of fused-ring (bicyclic) bond motifs is 1. The number of carboxylic acid groups (broad SMARTS) is 1. The third-order valence-corrected chi connectivity index (χ3v) is 6.81. The van der Waals surface area contributed by atoms with Crippen LogP contribution in [-0.2, 0) is 11.2 Å². The van der Waals surface area contributed by atoms with E-state index < -0.39 is 5.97 Å². The van der Waals surface area contributed by atoms with Gasteiger partial charge >= 0.3 is 5.97 Å². The third kappa shape index (κ3) is 4.44. The van der Waals surface area contributed by atoms with Crippen LogP contribution in [0.3, 0.4) is 0 Å². The first-order valence-electron chi connectivity index (χ1n) is 9.45. The molecule has 3 aromatic rings. The first kappa shape index (κ1) is 22.1. The highest BCUT2D eigenvalue weighted by molar-refractivity contribution is 6.48. The van der Waals surface area contributed by atoms with Crippen LogP contribution in [0.5, 0.6) is 0 Å². The molecule has 1 saturated heterocycles. The molecule has 1 amide bonds. The number of piperazine rings is 1. The Morgan fingerprint density at radius 1 is 0.968 bits per heavy atom. The van der Waals surface area contributed by atoms with E-state index in [4.69, 9.17) is 46.4 Å². The van der Waals surface area contributed by atoms with Crippen molar-refractivity contribution in [2.45, 2.75) is 6.42 Å². The zero-order valence-electron chi connectivity index (χ0n) is 16.1. The highest BCUT2D eigenvalue weighted by atomic mass is 35.5. The number of benzene rings is 2. The molecular weight excluding hydrogens is 484 g/mol. The van der Waals surface area contributed by atoms with Crippen molar-refractivity contribution in [3.8, 4) is 0 Å². The van der Waals surface area contributed by atoms with Crippen molar-refractivity contribution in [1.82, 2.24) is 9.88 Å². The molecule has 1 aliphatic rings. The van der Waals surface area contributed by atoms with E-state index in [1.165, 1.54) is 0 Å². The third-order valence-electron chi connectivity index (χ3n) is 5.38.